The molecule has 64 valence electrons. The van der Waals surface area contributed by atoms with Gasteiger partial charge in [0.2, 0.25) is 0 Å². The minimum absolute atomic E-state index is 0.667. The Hall–Kier alpha value is 0.410. The van der Waals surface area contributed by atoms with Crippen molar-refractivity contribution in [1.82, 2.24) is 0 Å². The van der Waals surface area contributed by atoms with Gasteiger partial charge in [0.15, 0.2) is 0 Å². The minimum atomic E-state index is 0.667. The van der Waals surface area contributed by atoms with Crippen molar-refractivity contribution < 1.29 is 0 Å². The average molecular weight is 211 g/mol. The van der Waals surface area contributed by atoms with Gasteiger partial charge in [-0.05, 0) is 20.8 Å². The molecule has 0 rings (SSSR count). The second-order valence-corrected chi connectivity index (χ2v) is 4.39. The summed E-state index contributed by atoms with van der Waals surface area (Å²) < 4.78 is 0.688. The van der Waals surface area contributed by atoms with E-state index in [1.165, 1.54) is 5.57 Å². The third-order valence-electron chi connectivity index (χ3n) is 1.19. The molecule has 0 aromatic carbocycles. The molecule has 3 heteroatoms. The van der Waals surface area contributed by atoms with Gasteiger partial charge in [-0.25, -0.2) is 0 Å². The summed E-state index contributed by atoms with van der Waals surface area (Å²) in [6.07, 6.45) is 2.07. The summed E-state index contributed by atoms with van der Waals surface area (Å²) in [5.74, 6) is 0.916. The molecule has 0 heterocycles. The van der Waals surface area contributed by atoms with Gasteiger partial charge in [0.1, 0.15) is 0 Å². The molecule has 0 N–H and O–H groups in total. The Balaban J connectivity index is 3.82. The molecule has 0 aromatic heterocycles. The molecular weight excluding hydrogens is 199 g/mol. The molecule has 0 atom stereocenters. The first-order valence-electron chi connectivity index (χ1n) is 3.34. The average Bonchev–Trinajstić information content (AvgIpc) is 1.99. The zero-order valence-corrected chi connectivity index (χ0v) is 9.28. The number of hydrogen-bond donors (Lipinski definition) is 0. The summed E-state index contributed by atoms with van der Waals surface area (Å²) in [6, 6.07) is 0. The fraction of sp³-hybridized carbons (Fsp3) is 0.500. The first-order valence-corrected chi connectivity index (χ1v) is 5.08. The lowest BCUT2D eigenvalue weighted by atomic mass is 10.3. The molecule has 0 fully saturated rings. The fourth-order valence-corrected chi connectivity index (χ4v) is 1.41. The van der Waals surface area contributed by atoms with E-state index in [1.54, 1.807) is 18.7 Å². The molecule has 0 saturated heterocycles. The third-order valence-corrected chi connectivity index (χ3v) is 3.36. The van der Waals surface area contributed by atoms with E-state index in [0.29, 0.717) is 9.40 Å². The van der Waals surface area contributed by atoms with Gasteiger partial charge in [0.05, 0.1) is 4.36 Å². The van der Waals surface area contributed by atoms with Gasteiger partial charge in [0, 0.05) is 10.8 Å². The molecule has 0 bridgehead atoms. The normalized spacial score (nSPS) is 14.8. The van der Waals surface area contributed by atoms with Crippen LogP contribution in [0.1, 0.15) is 20.8 Å². The number of allylic oxidation sites excluding steroid dienone is 2. The third kappa shape index (κ3) is 5.66. The topological polar surface area (TPSA) is 0 Å². The largest absolute Gasteiger partial charge is 0.108 e. The number of thioether (sulfide) groups is 1. The minimum Gasteiger partial charge on any atom is -0.108 e. The van der Waals surface area contributed by atoms with Crippen molar-refractivity contribution in [3.63, 3.8) is 0 Å². The summed E-state index contributed by atoms with van der Waals surface area (Å²) in [6.45, 7) is 5.88. The van der Waals surface area contributed by atoms with Crippen LogP contribution in [0.15, 0.2) is 21.0 Å². The SMILES string of the molecule is C/C=C(/C)CS/C(Cl)=C(\C)Cl. The summed E-state index contributed by atoms with van der Waals surface area (Å²) >= 11 is 13.0. The lowest BCUT2D eigenvalue weighted by molar-refractivity contribution is 1.38. The van der Waals surface area contributed by atoms with Gasteiger partial charge in [-0.1, -0.05) is 34.9 Å². The van der Waals surface area contributed by atoms with Crippen LogP contribution >= 0.6 is 35.0 Å². The molecule has 0 radical (unpaired) electrons. The predicted octanol–water partition coefficient (Wildman–Crippen LogP) is 4.35. The Morgan fingerprint density at radius 1 is 1.36 bits per heavy atom. The maximum absolute atomic E-state index is 5.80. The van der Waals surface area contributed by atoms with Gasteiger partial charge in [-0.3, -0.25) is 0 Å². The maximum atomic E-state index is 5.80. The maximum Gasteiger partial charge on any atom is 0.0880 e. The van der Waals surface area contributed by atoms with Gasteiger partial charge >= 0.3 is 0 Å². The van der Waals surface area contributed by atoms with Crippen molar-refractivity contribution in [3.8, 4) is 0 Å². The Kier molecular flexibility index (Phi) is 6.21. The van der Waals surface area contributed by atoms with E-state index >= 15 is 0 Å². The van der Waals surface area contributed by atoms with Crippen molar-refractivity contribution in [2.45, 2.75) is 20.8 Å². The monoisotopic (exact) mass is 210 g/mol. The second-order valence-electron chi connectivity index (χ2n) is 2.23. The van der Waals surface area contributed by atoms with E-state index < -0.39 is 0 Å². The molecule has 0 aromatic rings. The van der Waals surface area contributed by atoms with Crippen molar-refractivity contribution in [2.75, 3.05) is 5.75 Å². The van der Waals surface area contributed by atoms with Crippen LogP contribution in [0.3, 0.4) is 0 Å². The molecule has 0 aliphatic carbocycles. The van der Waals surface area contributed by atoms with Crippen LogP contribution < -0.4 is 0 Å². The van der Waals surface area contributed by atoms with Crippen LogP contribution in [0.5, 0.6) is 0 Å². The summed E-state index contributed by atoms with van der Waals surface area (Å²) in [7, 11) is 0. The molecule has 0 nitrogen and oxygen atoms in total. The number of hydrogen-bond acceptors (Lipinski definition) is 1. The highest BCUT2D eigenvalue weighted by Gasteiger charge is 1.97. The summed E-state index contributed by atoms with van der Waals surface area (Å²) in [4.78, 5) is 0. The van der Waals surface area contributed by atoms with Gasteiger partial charge in [0.25, 0.3) is 0 Å². The molecule has 0 aliphatic heterocycles. The summed E-state index contributed by atoms with van der Waals surface area (Å²) in [5, 5.41) is 0.667. The molecule has 0 aliphatic rings. The Bertz CT molecular complexity index is 179. The van der Waals surface area contributed by atoms with Gasteiger partial charge in [-0.15, -0.1) is 11.8 Å². The van der Waals surface area contributed by atoms with E-state index in [0.717, 1.165) is 5.75 Å². The molecular formula is C8H12Cl2S. The van der Waals surface area contributed by atoms with Gasteiger partial charge < -0.3 is 0 Å². The fourth-order valence-electron chi connectivity index (χ4n) is 0.360. The zero-order valence-electron chi connectivity index (χ0n) is 6.95. The van der Waals surface area contributed by atoms with Crippen molar-refractivity contribution >= 4 is 35.0 Å². The molecule has 0 unspecified atom stereocenters. The molecule has 11 heavy (non-hydrogen) atoms. The van der Waals surface area contributed by atoms with Gasteiger partial charge in [-0.2, -0.15) is 0 Å². The van der Waals surface area contributed by atoms with Crippen LogP contribution in [-0.2, 0) is 0 Å². The van der Waals surface area contributed by atoms with Crippen molar-refractivity contribution in [3.05, 3.63) is 21.0 Å². The summed E-state index contributed by atoms with van der Waals surface area (Å²) in [5.41, 5.74) is 1.31. The van der Waals surface area contributed by atoms with E-state index in [-0.39, 0.29) is 0 Å². The Labute approximate surface area is 82.6 Å². The number of rotatable bonds is 3. The van der Waals surface area contributed by atoms with E-state index in [2.05, 4.69) is 13.0 Å². The second kappa shape index (κ2) is 5.99. The van der Waals surface area contributed by atoms with Crippen LogP contribution in [0, 0.1) is 0 Å². The Morgan fingerprint density at radius 2 is 1.91 bits per heavy atom. The molecule has 0 saturated carbocycles. The van der Waals surface area contributed by atoms with E-state index in [1.807, 2.05) is 6.92 Å². The first kappa shape index (κ1) is 11.4. The van der Waals surface area contributed by atoms with Crippen molar-refractivity contribution in [2.24, 2.45) is 0 Å². The van der Waals surface area contributed by atoms with Crippen LogP contribution in [-0.4, -0.2) is 5.75 Å². The van der Waals surface area contributed by atoms with Crippen LogP contribution in [0.25, 0.3) is 0 Å². The zero-order chi connectivity index (χ0) is 8.85. The highest BCUT2D eigenvalue weighted by atomic mass is 35.5. The quantitative estimate of drug-likeness (QED) is 0.625. The smallest absolute Gasteiger partial charge is 0.0880 e. The highest BCUT2D eigenvalue weighted by molar-refractivity contribution is 8.04. The van der Waals surface area contributed by atoms with Crippen LogP contribution in [0.4, 0.5) is 0 Å². The number of halogens is 2. The predicted molar refractivity (Wildman–Crippen MR) is 56.3 cm³/mol. The Morgan fingerprint density at radius 3 is 2.27 bits per heavy atom. The van der Waals surface area contributed by atoms with E-state index in [4.69, 9.17) is 23.2 Å². The van der Waals surface area contributed by atoms with Crippen LogP contribution in [0.2, 0.25) is 0 Å². The highest BCUT2D eigenvalue weighted by Crippen LogP contribution is 2.27. The van der Waals surface area contributed by atoms with E-state index in [9.17, 15) is 0 Å². The lowest BCUT2D eigenvalue weighted by Gasteiger charge is -1.99. The standard InChI is InChI=1S/C8H12Cl2S/c1-4-6(2)5-11-8(10)7(3)9/h4H,5H2,1-3H3/b6-4-,8-7+. The first-order chi connectivity index (χ1) is 5.07. The lowest BCUT2D eigenvalue weighted by Crippen LogP contribution is -1.79. The van der Waals surface area contributed by atoms with Crippen molar-refractivity contribution in [1.29, 1.82) is 0 Å². The molecule has 0 amide bonds. The molecule has 0 spiro atoms.